The summed E-state index contributed by atoms with van der Waals surface area (Å²) in [4.78, 5) is 5.46. The monoisotopic (exact) mass is 296 g/mol. The van der Waals surface area contributed by atoms with Gasteiger partial charge in [-0.05, 0) is 45.4 Å². The lowest BCUT2D eigenvalue weighted by Gasteiger charge is -2.42. The van der Waals surface area contributed by atoms with Crippen LogP contribution in [0.4, 0.5) is 0 Å². The molecule has 1 aromatic heterocycles. The molecule has 1 N–H and O–H groups in total. The molecule has 0 spiro atoms. The summed E-state index contributed by atoms with van der Waals surface area (Å²) in [5, 5.41) is 3.49. The summed E-state index contributed by atoms with van der Waals surface area (Å²) in [7, 11) is 0. The maximum absolute atomic E-state index is 5.60. The number of ether oxygens (including phenoxy) is 1. The zero-order valence-corrected chi connectivity index (χ0v) is 14.1. The van der Waals surface area contributed by atoms with E-state index in [9.17, 15) is 0 Å². The fraction of sp³-hybridized carbons (Fsp3) is 0.750. The number of nitrogens with one attached hydrogen (secondary N) is 1. The zero-order valence-electron chi connectivity index (χ0n) is 13.3. The Hall–Kier alpha value is -0.420. The highest BCUT2D eigenvalue weighted by molar-refractivity contribution is 7.12. The second-order valence-electron chi connectivity index (χ2n) is 6.26. The minimum Gasteiger partial charge on any atom is -0.378 e. The Labute approximate surface area is 127 Å². The van der Waals surface area contributed by atoms with E-state index < -0.39 is 0 Å². The summed E-state index contributed by atoms with van der Waals surface area (Å²) in [6.07, 6.45) is 1.19. The van der Waals surface area contributed by atoms with Crippen LogP contribution in [0.15, 0.2) is 6.07 Å². The molecule has 0 atom stereocenters. The maximum Gasteiger partial charge on any atom is 0.0645 e. The molecule has 4 heteroatoms. The fourth-order valence-electron chi connectivity index (χ4n) is 2.61. The number of hydrogen-bond donors (Lipinski definition) is 1. The Balaban J connectivity index is 1.98. The number of aryl methyl sites for hydroxylation is 1. The van der Waals surface area contributed by atoms with E-state index in [1.807, 2.05) is 11.3 Å². The summed E-state index contributed by atoms with van der Waals surface area (Å²) in [6, 6.07) is 2.38. The van der Waals surface area contributed by atoms with Crippen LogP contribution >= 0.6 is 11.3 Å². The first kappa shape index (κ1) is 16.0. The van der Waals surface area contributed by atoms with E-state index in [1.54, 1.807) is 0 Å². The lowest BCUT2D eigenvalue weighted by atomic mass is 10.0. The topological polar surface area (TPSA) is 24.5 Å². The first-order valence-electron chi connectivity index (χ1n) is 7.64. The van der Waals surface area contributed by atoms with Gasteiger partial charge >= 0.3 is 0 Å². The fourth-order valence-corrected chi connectivity index (χ4v) is 3.63. The average molecular weight is 296 g/mol. The number of thiophene rings is 1. The first-order valence-corrected chi connectivity index (χ1v) is 8.46. The van der Waals surface area contributed by atoms with Gasteiger partial charge in [0, 0.05) is 34.9 Å². The third-order valence-corrected chi connectivity index (χ3v) is 5.07. The first-order chi connectivity index (χ1) is 9.53. The van der Waals surface area contributed by atoms with E-state index in [2.05, 4.69) is 44.0 Å². The molecule has 1 fully saturated rings. The van der Waals surface area contributed by atoms with Crippen molar-refractivity contribution in [2.45, 2.75) is 52.7 Å². The molecule has 1 saturated heterocycles. The van der Waals surface area contributed by atoms with Gasteiger partial charge in [0.15, 0.2) is 0 Å². The third-order valence-electron chi connectivity index (χ3n) is 3.98. The van der Waals surface area contributed by atoms with Gasteiger partial charge in [0.25, 0.3) is 0 Å². The standard InChI is InChI=1S/C16H28N2OS/c1-5-6-17-10-15-9-14(13(2)20-15)11-18-7-8-19-12-16(18,3)4/h9,17H,5-8,10-12H2,1-4H3. The number of nitrogens with zero attached hydrogens (tertiary/aromatic N) is 1. The Morgan fingerprint density at radius 3 is 2.95 bits per heavy atom. The minimum absolute atomic E-state index is 0.146. The Morgan fingerprint density at radius 2 is 2.25 bits per heavy atom. The minimum atomic E-state index is 0.146. The highest BCUT2D eigenvalue weighted by Crippen LogP contribution is 2.27. The highest BCUT2D eigenvalue weighted by atomic mass is 32.1. The van der Waals surface area contributed by atoms with E-state index in [1.165, 1.54) is 21.7 Å². The van der Waals surface area contributed by atoms with Gasteiger partial charge in [0.2, 0.25) is 0 Å². The highest BCUT2D eigenvalue weighted by Gasteiger charge is 2.30. The lowest BCUT2D eigenvalue weighted by molar-refractivity contribution is -0.0553. The molecule has 20 heavy (non-hydrogen) atoms. The molecule has 0 aromatic carbocycles. The maximum atomic E-state index is 5.60. The van der Waals surface area contributed by atoms with E-state index in [0.29, 0.717) is 0 Å². The second-order valence-corrected chi connectivity index (χ2v) is 7.60. The van der Waals surface area contributed by atoms with Gasteiger partial charge in [-0.2, -0.15) is 0 Å². The summed E-state index contributed by atoms with van der Waals surface area (Å²) >= 11 is 1.93. The third kappa shape index (κ3) is 4.04. The SMILES string of the molecule is CCCNCc1cc(CN2CCOCC2(C)C)c(C)s1. The van der Waals surface area contributed by atoms with Gasteiger partial charge in [-0.1, -0.05) is 6.92 Å². The van der Waals surface area contributed by atoms with Gasteiger partial charge < -0.3 is 10.1 Å². The summed E-state index contributed by atoms with van der Waals surface area (Å²) in [5.41, 5.74) is 1.63. The molecule has 0 radical (unpaired) electrons. The van der Waals surface area contributed by atoms with Crippen LogP contribution in [0.3, 0.4) is 0 Å². The van der Waals surface area contributed by atoms with Crippen molar-refractivity contribution < 1.29 is 4.74 Å². The van der Waals surface area contributed by atoms with Crippen LogP contribution in [0.25, 0.3) is 0 Å². The van der Waals surface area contributed by atoms with Crippen molar-refractivity contribution >= 4 is 11.3 Å². The molecule has 2 rings (SSSR count). The van der Waals surface area contributed by atoms with Crippen molar-refractivity contribution in [3.05, 3.63) is 21.4 Å². The van der Waals surface area contributed by atoms with Gasteiger partial charge in [-0.25, -0.2) is 0 Å². The zero-order chi connectivity index (χ0) is 14.6. The molecule has 0 unspecified atom stereocenters. The van der Waals surface area contributed by atoms with Gasteiger partial charge in [0.05, 0.1) is 13.2 Å². The van der Waals surface area contributed by atoms with Crippen LogP contribution in [-0.2, 0) is 17.8 Å². The van der Waals surface area contributed by atoms with Crippen molar-refractivity contribution in [2.75, 3.05) is 26.3 Å². The predicted octanol–water partition coefficient (Wildman–Crippen LogP) is 3.17. The van der Waals surface area contributed by atoms with Crippen molar-refractivity contribution in [2.24, 2.45) is 0 Å². The van der Waals surface area contributed by atoms with Crippen LogP contribution in [0.1, 0.15) is 42.5 Å². The van der Waals surface area contributed by atoms with Crippen LogP contribution in [-0.4, -0.2) is 36.7 Å². The van der Waals surface area contributed by atoms with Gasteiger partial charge in [-0.3, -0.25) is 4.90 Å². The Morgan fingerprint density at radius 1 is 1.45 bits per heavy atom. The largest absolute Gasteiger partial charge is 0.378 e. The summed E-state index contributed by atoms with van der Waals surface area (Å²) in [5.74, 6) is 0. The van der Waals surface area contributed by atoms with E-state index in [0.717, 1.165) is 39.4 Å². The second kappa shape index (κ2) is 7.03. The molecule has 0 aliphatic carbocycles. The predicted molar refractivity (Wildman–Crippen MR) is 86.4 cm³/mol. The quantitative estimate of drug-likeness (QED) is 0.816. The molecule has 114 valence electrons. The molecule has 0 amide bonds. The van der Waals surface area contributed by atoms with Gasteiger partial charge in [-0.15, -0.1) is 11.3 Å². The van der Waals surface area contributed by atoms with Crippen molar-refractivity contribution in [3.63, 3.8) is 0 Å². The number of rotatable bonds is 6. The van der Waals surface area contributed by atoms with Crippen LogP contribution < -0.4 is 5.32 Å². The molecule has 1 aliphatic heterocycles. The molecule has 0 bridgehead atoms. The van der Waals surface area contributed by atoms with Crippen molar-refractivity contribution in [3.8, 4) is 0 Å². The lowest BCUT2D eigenvalue weighted by Crippen LogP contribution is -2.52. The summed E-state index contributed by atoms with van der Waals surface area (Å²) in [6.45, 7) is 14.9. The van der Waals surface area contributed by atoms with Crippen LogP contribution in [0, 0.1) is 6.92 Å². The molecule has 2 heterocycles. The molecule has 0 saturated carbocycles. The van der Waals surface area contributed by atoms with E-state index in [-0.39, 0.29) is 5.54 Å². The van der Waals surface area contributed by atoms with Gasteiger partial charge in [0.1, 0.15) is 0 Å². The number of hydrogen-bond acceptors (Lipinski definition) is 4. The van der Waals surface area contributed by atoms with E-state index >= 15 is 0 Å². The Bertz CT molecular complexity index is 428. The van der Waals surface area contributed by atoms with Crippen molar-refractivity contribution in [1.82, 2.24) is 10.2 Å². The van der Waals surface area contributed by atoms with E-state index in [4.69, 9.17) is 4.74 Å². The van der Waals surface area contributed by atoms with Crippen molar-refractivity contribution in [1.29, 1.82) is 0 Å². The average Bonchev–Trinajstić information content (AvgIpc) is 2.73. The molecule has 3 nitrogen and oxygen atoms in total. The van der Waals surface area contributed by atoms with Crippen LogP contribution in [0.5, 0.6) is 0 Å². The molecular formula is C16H28N2OS. The molecule has 1 aromatic rings. The smallest absolute Gasteiger partial charge is 0.0645 e. The normalized spacial score (nSPS) is 19.4. The molecular weight excluding hydrogens is 268 g/mol. The summed E-state index contributed by atoms with van der Waals surface area (Å²) < 4.78 is 5.60. The Kier molecular flexibility index (Phi) is 5.61. The van der Waals surface area contributed by atoms with Crippen LogP contribution in [0.2, 0.25) is 0 Å². The molecule has 1 aliphatic rings. The number of morpholine rings is 1.